The van der Waals surface area contributed by atoms with Crippen molar-refractivity contribution in [1.29, 1.82) is 0 Å². The van der Waals surface area contributed by atoms with Crippen LogP contribution < -0.4 is 0 Å². The van der Waals surface area contributed by atoms with E-state index < -0.39 is 0 Å². The molecule has 0 aromatic carbocycles. The summed E-state index contributed by atoms with van der Waals surface area (Å²) < 4.78 is 0. The highest BCUT2D eigenvalue weighted by Crippen LogP contribution is 2.17. The quantitative estimate of drug-likeness (QED) is 0.663. The van der Waals surface area contributed by atoms with Crippen LogP contribution in [0.2, 0.25) is 0 Å². The van der Waals surface area contributed by atoms with Gasteiger partial charge in [0.2, 0.25) is 0 Å². The second kappa shape index (κ2) is 6.67. The van der Waals surface area contributed by atoms with Crippen LogP contribution in [0.4, 0.5) is 0 Å². The summed E-state index contributed by atoms with van der Waals surface area (Å²) in [5.41, 5.74) is -0.387. The minimum atomic E-state index is -0.387. The largest absolute Gasteiger partial charge is 0.396 e. The second-order valence-corrected chi connectivity index (χ2v) is 5.26. The summed E-state index contributed by atoms with van der Waals surface area (Å²) in [5.74, 6) is 1.07. The molecule has 3 nitrogen and oxygen atoms in total. The average Bonchev–Trinajstić information content (AvgIpc) is 2.18. The van der Waals surface area contributed by atoms with Crippen LogP contribution in [0, 0.1) is 5.41 Å². The van der Waals surface area contributed by atoms with E-state index in [0.717, 1.165) is 12.3 Å². The molecule has 0 aromatic heterocycles. The van der Waals surface area contributed by atoms with Crippen molar-refractivity contribution >= 4 is 11.8 Å². The van der Waals surface area contributed by atoms with Gasteiger partial charge >= 0.3 is 0 Å². The van der Waals surface area contributed by atoms with E-state index in [0.29, 0.717) is 6.04 Å². The van der Waals surface area contributed by atoms with Crippen LogP contribution in [0.15, 0.2) is 0 Å². The summed E-state index contributed by atoms with van der Waals surface area (Å²) in [5, 5.41) is 18.3. The summed E-state index contributed by atoms with van der Waals surface area (Å²) in [6.45, 7) is 4.84. The van der Waals surface area contributed by atoms with Crippen LogP contribution in [-0.4, -0.2) is 60.0 Å². The topological polar surface area (TPSA) is 43.7 Å². The van der Waals surface area contributed by atoms with Crippen LogP contribution in [-0.2, 0) is 0 Å². The van der Waals surface area contributed by atoms with Gasteiger partial charge in [0.15, 0.2) is 0 Å². The minimum absolute atomic E-state index is 0.0276. The Labute approximate surface area is 91.5 Å². The number of thioether (sulfide) groups is 1. The maximum Gasteiger partial charge on any atom is 0.0519 e. The predicted octanol–water partition coefficient (Wildman–Crippen LogP) is 0.661. The number of nitrogens with zero attached hydrogens (tertiary/aromatic N) is 1. The van der Waals surface area contributed by atoms with Crippen molar-refractivity contribution in [2.45, 2.75) is 19.9 Å². The predicted molar refractivity (Wildman–Crippen MR) is 62.8 cm³/mol. The standard InChI is InChI=1S/C10H23NO2S/c1-9(5-14-4)11(3)6-10(2,7-12)8-13/h9,12-13H,5-8H2,1-4H3. The van der Waals surface area contributed by atoms with E-state index in [4.69, 9.17) is 10.2 Å². The molecule has 0 fully saturated rings. The van der Waals surface area contributed by atoms with Crippen molar-refractivity contribution < 1.29 is 10.2 Å². The van der Waals surface area contributed by atoms with Gasteiger partial charge in [-0.25, -0.2) is 0 Å². The molecule has 0 aliphatic carbocycles. The van der Waals surface area contributed by atoms with Crippen LogP contribution in [0.5, 0.6) is 0 Å². The monoisotopic (exact) mass is 221 g/mol. The Balaban J connectivity index is 4.07. The molecule has 14 heavy (non-hydrogen) atoms. The van der Waals surface area contributed by atoms with Crippen molar-refractivity contribution in [2.75, 3.05) is 38.8 Å². The van der Waals surface area contributed by atoms with E-state index in [1.807, 2.05) is 25.7 Å². The fourth-order valence-electron chi connectivity index (χ4n) is 1.28. The molecule has 1 atom stereocenters. The van der Waals surface area contributed by atoms with Gasteiger partial charge in [-0.05, 0) is 20.2 Å². The number of rotatable bonds is 7. The lowest BCUT2D eigenvalue weighted by molar-refractivity contribution is 0.0353. The van der Waals surface area contributed by atoms with E-state index in [1.54, 1.807) is 0 Å². The van der Waals surface area contributed by atoms with Gasteiger partial charge in [0.05, 0.1) is 13.2 Å². The van der Waals surface area contributed by atoms with Crippen molar-refractivity contribution in [2.24, 2.45) is 5.41 Å². The van der Waals surface area contributed by atoms with Crippen LogP contribution in [0.25, 0.3) is 0 Å². The number of aliphatic hydroxyl groups excluding tert-OH is 2. The lowest BCUT2D eigenvalue weighted by atomic mass is 9.92. The summed E-state index contributed by atoms with van der Waals surface area (Å²) in [6.07, 6.45) is 2.08. The van der Waals surface area contributed by atoms with Crippen LogP contribution in [0.3, 0.4) is 0 Å². The SMILES string of the molecule is CSCC(C)N(C)CC(C)(CO)CO. The summed E-state index contributed by atoms with van der Waals surface area (Å²) in [6, 6.07) is 0.474. The molecule has 4 heteroatoms. The Morgan fingerprint density at radius 1 is 1.36 bits per heavy atom. The number of aliphatic hydroxyl groups is 2. The molecule has 0 saturated heterocycles. The van der Waals surface area contributed by atoms with Gasteiger partial charge in [-0.1, -0.05) is 6.92 Å². The highest BCUT2D eigenvalue weighted by Gasteiger charge is 2.25. The average molecular weight is 221 g/mol. The Kier molecular flexibility index (Phi) is 6.78. The molecule has 0 aliphatic rings. The van der Waals surface area contributed by atoms with Crippen molar-refractivity contribution in [3.8, 4) is 0 Å². The van der Waals surface area contributed by atoms with Crippen molar-refractivity contribution in [1.82, 2.24) is 4.90 Å². The first-order valence-electron chi connectivity index (χ1n) is 4.90. The first kappa shape index (κ1) is 14.2. The van der Waals surface area contributed by atoms with Gasteiger partial charge in [0.25, 0.3) is 0 Å². The summed E-state index contributed by atoms with van der Waals surface area (Å²) in [7, 11) is 2.03. The fourth-order valence-corrected chi connectivity index (χ4v) is 2.01. The zero-order valence-corrected chi connectivity index (χ0v) is 10.5. The Morgan fingerprint density at radius 2 is 1.86 bits per heavy atom. The lowest BCUT2D eigenvalue weighted by Crippen LogP contribution is -2.43. The molecule has 86 valence electrons. The van der Waals surface area contributed by atoms with Crippen molar-refractivity contribution in [3.05, 3.63) is 0 Å². The molecule has 0 radical (unpaired) electrons. The fraction of sp³-hybridized carbons (Fsp3) is 1.00. The van der Waals surface area contributed by atoms with E-state index in [-0.39, 0.29) is 18.6 Å². The maximum atomic E-state index is 9.15. The van der Waals surface area contributed by atoms with Crippen LogP contribution in [0.1, 0.15) is 13.8 Å². The van der Waals surface area contributed by atoms with Gasteiger partial charge in [-0.15, -0.1) is 0 Å². The molecule has 0 aromatic rings. The van der Waals surface area contributed by atoms with Gasteiger partial charge in [0.1, 0.15) is 0 Å². The Bertz CT molecular complexity index is 151. The molecular weight excluding hydrogens is 198 g/mol. The van der Waals surface area contributed by atoms with E-state index in [9.17, 15) is 0 Å². The maximum absolute atomic E-state index is 9.15. The van der Waals surface area contributed by atoms with Gasteiger partial charge in [-0.2, -0.15) is 11.8 Å². The first-order valence-corrected chi connectivity index (χ1v) is 6.29. The normalized spacial score (nSPS) is 14.8. The molecule has 0 heterocycles. The third-order valence-corrected chi connectivity index (χ3v) is 3.37. The van der Waals surface area contributed by atoms with Crippen LogP contribution >= 0.6 is 11.8 Å². The molecule has 0 amide bonds. The highest BCUT2D eigenvalue weighted by atomic mass is 32.2. The molecule has 0 spiro atoms. The highest BCUT2D eigenvalue weighted by molar-refractivity contribution is 7.98. The van der Waals surface area contributed by atoms with Crippen molar-refractivity contribution in [3.63, 3.8) is 0 Å². The van der Waals surface area contributed by atoms with E-state index in [1.165, 1.54) is 0 Å². The molecular formula is C10H23NO2S. The smallest absolute Gasteiger partial charge is 0.0519 e. The molecule has 0 saturated carbocycles. The summed E-state index contributed by atoms with van der Waals surface area (Å²) >= 11 is 1.81. The summed E-state index contributed by atoms with van der Waals surface area (Å²) in [4.78, 5) is 2.18. The number of hydrogen-bond donors (Lipinski definition) is 2. The third kappa shape index (κ3) is 4.64. The van der Waals surface area contributed by atoms with Gasteiger partial charge in [-0.3, -0.25) is 0 Å². The third-order valence-electron chi connectivity index (χ3n) is 2.55. The Morgan fingerprint density at radius 3 is 2.21 bits per heavy atom. The first-order chi connectivity index (χ1) is 6.49. The molecule has 0 bridgehead atoms. The minimum Gasteiger partial charge on any atom is -0.396 e. The van der Waals surface area contributed by atoms with E-state index in [2.05, 4.69) is 18.1 Å². The molecule has 0 aliphatic heterocycles. The van der Waals surface area contributed by atoms with Gasteiger partial charge < -0.3 is 15.1 Å². The Hall–Kier alpha value is 0.230. The molecule has 0 rings (SSSR count). The molecule has 2 N–H and O–H groups in total. The second-order valence-electron chi connectivity index (χ2n) is 4.35. The van der Waals surface area contributed by atoms with Gasteiger partial charge in [0, 0.05) is 23.8 Å². The zero-order chi connectivity index (χ0) is 11.2. The number of hydrogen-bond acceptors (Lipinski definition) is 4. The molecule has 1 unspecified atom stereocenters. The zero-order valence-electron chi connectivity index (χ0n) is 9.66. The lowest BCUT2D eigenvalue weighted by Gasteiger charge is -2.33. The van der Waals surface area contributed by atoms with E-state index >= 15 is 0 Å².